The summed E-state index contributed by atoms with van der Waals surface area (Å²) < 4.78 is 0. The van der Waals surface area contributed by atoms with E-state index in [1.807, 2.05) is 0 Å². The zero-order valence-corrected chi connectivity index (χ0v) is 13.0. The molecule has 4 unspecified atom stereocenters. The van der Waals surface area contributed by atoms with Crippen LogP contribution in [0.5, 0.6) is 0 Å². The Morgan fingerprint density at radius 1 is 0.882 bits per heavy atom. The van der Waals surface area contributed by atoms with Crippen LogP contribution in [-0.2, 0) is 0 Å². The topological polar surface area (TPSA) is 0 Å². The second-order valence-corrected chi connectivity index (χ2v) is 7.42. The highest BCUT2D eigenvalue weighted by Crippen LogP contribution is 2.48. The Labute approximate surface area is 110 Å². The van der Waals surface area contributed by atoms with Gasteiger partial charge in [-0.15, -0.1) is 0 Å². The summed E-state index contributed by atoms with van der Waals surface area (Å²) in [6.07, 6.45) is 7.29. The molecule has 1 aliphatic rings. The molecule has 0 aromatic rings. The average molecular weight is 238 g/mol. The van der Waals surface area contributed by atoms with E-state index in [4.69, 9.17) is 0 Å². The van der Waals surface area contributed by atoms with Gasteiger partial charge in [-0.25, -0.2) is 0 Å². The van der Waals surface area contributed by atoms with Crippen molar-refractivity contribution < 1.29 is 0 Å². The van der Waals surface area contributed by atoms with Crippen molar-refractivity contribution in [1.82, 2.24) is 0 Å². The summed E-state index contributed by atoms with van der Waals surface area (Å²) in [5.74, 6) is 5.80. The molecular weight excluding hydrogens is 204 g/mol. The van der Waals surface area contributed by atoms with Crippen molar-refractivity contribution in [3.63, 3.8) is 0 Å². The molecule has 0 spiro atoms. The molecule has 17 heavy (non-hydrogen) atoms. The van der Waals surface area contributed by atoms with Crippen LogP contribution in [0.2, 0.25) is 0 Å². The maximum Gasteiger partial charge on any atom is -0.0360 e. The minimum absolute atomic E-state index is 0.881. The first-order valence-electron chi connectivity index (χ1n) is 7.91. The SMILES string of the molecule is CC(C)CCCC(C)C(C)CC1CC1C(C)C. The summed E-state index contributed by atoms with van der Waals surface area (Å²) in [5.41, 5.74) is 0. The van der Waals surface area contributed by atoms with Crippen molar-refractivity contribution in [2.45, 2.75) is 73.6 Å². The molecule has 102 valence electrons. The molecule has 0 amide bonds. The molecule has 0 radical (unpaired) electrons. The minimum atomic E-state index is 0.881. The van der Waals surface area contributed by atoms with Crippen LogP contribution < -0.4 is 0 Å². The van der Waals surface area contributed by atoms with Gasteiger partial charge >= 0.3 is 0 Å². The minimum Gasteiger partial charge on any atom is -0.0628 e. The molecule has 0 heterocycles. The van der Waals surface area contributed by atoms with Crippen LogP contribution in [-0.4, -0.2) is 0 Å². The lowest BCUT2D eigenvalue weighted by Gasteiger charge is -2.20. The highest BCUT2D eigenvalue weighted by molar-refractivity contribution is 4.89. The summed E-state index contributed by atoms with van der Waals surface area (Å²) in [7, 11) is 0. The summed E-state index contributed by atoms with van der Waals surface area (Å²) in [6, 6.07) is 0. The highest BCUT2D eigenvalue weighted by atomic mass is 14.4. The number of hydrogen-bond acceptors (Lipinski definition) is 0. The van der Waals surface area contributed by atoms with Crippen LogP contribution >= 0.6 is 0 Å². The van der Waals surface area contributed by atoms with E-state index < -0.39 is 0 Å². The molecule has 0 aliphatic heterocycles. The van der Waals surface area contributed by atoms with E-state index in [1.54, 1.807) is 0 Å². The molecule has 4 atom stereocenters. The van der Waals surface area contributed by atoms with Gasteiger partial charge in [0.2, 0.25) is 0 Å². The Balaban J connectivity index is 2.13. The maximum absolute atomic E-state index is 2.48. The van der Waals surface area contributed by atoms with Gasteiger partial charge in [0.1, 0.15) is 0 Å². The van der Waals surface area contributed by atoms with Crippen molar-refractivity contribution in [3.05, 3.63) is 0 Å². The van der Waals surface area contributed by atoms with Crippen molar-refractivity contribution in [2.75, 3.05) is 0 Å². The zero-order valence-electron chi connectivity index (χ0n) is 13.0. The standard InChI is InChI=1S/C17H34/c1-12(2)8-7-9-14(5)15(6)10-16-11-17(16)13(3)4/h12-17H,7-11H2,1-6H3. The molecule has 1 saturated carbocycles. The molecule has 0 bridgehead atoms. The van der Waals surface area contributed by atoms with E-state index in [9.17, 15) is 0 Å². The van der Waals surface area contributed by atoms with Crippen molar-refractivity contribution in [3.8, 4) is 0 Å². The Kier molecular flexibility index (Phi) is 6.03. The fourth-order valence-corrected chi connectivity index (χ4v) is 3.20. The van der Waals surface area contributed by atoms with Gasteiger partial charge in [-0.1, -0.05) is 60.8 Å². The fraction of sp³-hybridized carbons (Fsp3) is 1.00. The first-order chi connectivity index (χ1) is 7.91. The summed E-state index contributed by atoms with van der Waals surface area (Å²) in [5, 5.41) is 0. The van der Waals surface area contributed by atoms with Crippen LogP contribution in [0.15, 0.2) is 0 Å². The van der Waals surface area contributed by atoms with Crippen molar-refractivity contribution >= 4 is 0 Å². The molecule has 1 fully saturated rings. The largest absolute Gasteiger partial charge is 0.0628 e. The van der Waals surface area contributed by atoms with Crippen molar-refractivity contribution in [2.24, 2.45) is 35.5 Å². The van der Waals surface area contributed by atoms with E-state index >= 15 is 0 Å². The smallest absolute Gasteiger partial charge is 0.0360 e. The van der Waals surface area contributed by atoms with Gasteiger partial charge in [0.15, 0.2) is 0 Å². The van der Waals surface area contributed by atoms with Gasteiger partial charge < -0.3 is 0 Å². The molecule has 0 saturated heterocycles. The maximum atomic E-state index is 2.48. The number of rotatable bonds is 8. The van der Waals surface area contributed by atoms with Crippen molar-refractivity contribution in [1.29, 1.82) is 0 Å². The van der Waals surface area contributed by atoms with Gasteiger partial charge in [-0.3, -0.25) is 0 Å². The molecule has 1 rings (SSSR count). The molecule has 0 heteroatoms. The summed E-state index contributed by atoms with van der Waals surface area (Å²) in [6.45, 7) is 14.4. The van der Waals surface area contributed by atoms with Gasteiger partial charge in [-0.05, 0) is 48.3 Å². The van der Waals surface area contributed by atoms with E-state index in [-0.39, 0.29) is 0 Å². The normalized spacial score (nSPS) is 27.5. The molecule has 0 N–H and O–H groups in total. The second-order valence-electron chi connectivity index (χ2n) is 7.42. The van der Waals surface area contributed by atoms with Crippen LogP contribution in [0.25, 0.3) is 0 Å². The van der Waals surface area contributed by atoms with Crippen LogP contribution in [0, 0.1) is 35.5 Å². The third kappa shape index (κ3) is 5.44. The lowest BCUT2D eigenvalue weighted by Crippen LogP contribution is -2.10. The van der Waals surface area contributed by atoms with Gasteiger partial charge in [0.05, 0.1) is 0 Å². The molecule has 0 aromatic carbocycles. The summed E-state index contributed by atoms with van der Waals surface area (Å²) >= 11 is 0. The third-order valence-electron chi connectivity index (χ3n) is 4.92. The van der Waals surface area contributed by atoms with E-state index in [1.165, 1.54) is 32.1 Å². The Bertz CT molecular complexity index is 204. The predicted octanol–water partition coefficient (Wildman–Crippen LogP) is 5.77. The molecule has 1 aliphatic carbocycles. The molecule has 0 aromatic heterocycles. The zero-order chi connectivity index (χ0) is 13.0. The second kappa shape index (κ2) is 6.81. The van der Waals surface area contributed by atoms with E-state index in [2.05, 4.69) is 41.5 Å². The number of hydrogen-bond donors (Lipinski definition) is 0. The summed E-state index contributed by atoms with van der Waals surface area (Å²) in [4.78, 5) is 0. The van der Waals surface area contributed by atoms with E-state index in [0.29, 0.717) is 0 Å². The predicted molar refractivity (Wildman–Crippen MR) is 78.1 cm³/mol. The monoisotopic (exact) mass is 238 g/mol. The Morgan fingerprint density at radius 2 is 1.53 bits per heavy atom. The average Bonchev–Trinajstić information content (AvgIpc) is 2.96. The fourth-order valence-electron chi connectivity index (χ4n) is 3.20. The first-order valence-corrected chi connectivity index (χ1v) is 7.91. The molecular formula is C17H34. The van der Waals surface area contributed by atoms with Crippen LogP contribution in [0.1, 0.15) is 73.6 Å². The quantitative estimate of drug-likeness (QED) is 0.504. The Morgan fingerprint density at radius 3 is 2.00 bits per heavy atom. The highest BCUT2D eigenvalue weighted by Gasteiger charge is 2.39. The van der Waals surface area contributed by atoms with E-state index in [0.717, 1.165) is 35.5 Å². The molecule has 0 nitrogen and oxygen atoms in total. The Hall–Kier alpha value is 0. The van der Waals surface area contributed by atoms with Gasteiger partial charge in [0, 0.05) is 0 Å². The first kappa shape index (κ1) is 15.1. The van der Waals surface area contributed by atoms with Crippen LogP contribution in [0.4, 0.5) is 0 Å². The van der Waals surface area contributed by atoms with Gasteiger partial charge in [-0.2, -0.15) is 0 Å². The van der Waals surface area contributed by atoms with Crippen LogP contribution in [0.3, 0.4) is 0 Å². The third-order valence-corrected chi connectivity index (χ3v) is 4.92. The lowest BCUT2D eigenvalue weighted by molar-refractivity contribution is 0.305. The lowest BCUT2D eigenvalue weighted by atomic mass is 9.85. The van der Waals surface area contributed by atoms with Gasteiger partial charge in [0.25, 0.3) is 0 Å².